The molecule has 0 fully saturated rings. The second-order valence-electron chi connectivity index (χ2n) is 3.46. The lowest BCUT2D eigenvalue weighted by molar-refractivity contribution is 0.873. The minimum atomic E-state index is 0.147. The molecule has 0 unspecified atom stereocenters. The molecule has 0 amide bonds. The highest BCUT2D eigenvalue weighted by molar-refractivity contribution is 7.92. The fourth-order valence-corrected chi connectivity index (χ4v) is 1.78. The molecular formula is C13H12FNS. The number of hydrogen-bond acceptors (Lipinski definition) is 2. The zero-order valence-corrected chi connectivity index (χ0v) is 9.51. The van der Waals surface area contributed by atoms with Gasteiger partial charge in [-0.25, -0.2) is 4.72 Å². The molecule has 0 bridgehead atoms. The van der Waals surface area contributed by atoms with E-state index in [1.807, 2.05) is 30.3 Å². The standard InChI is InChI=1S/C13H12FNS/c14-16-15-10-11-6-8-13(9-7-11)12-4-2-1-3-5-12/h1-9,15H,10H2. The quantitative estimate of drug-likeness (QED) is 0.802. The lowest BCUT2D eigenvalue weighted by Crippen LogP contribution is -2.00. The van der Waals surface area contributed by atoms with Crippen LogP contribution in [0.2, 0.25) is 0 Å². The summed E-state index contributed by atoms with van der Waals surface area (Å²) < 4.78 is 14.4. The Bertz CT molecular complexity index is 427. The Kier molecular flexibility index (Phi) is 3.97. The van der Waals surface area contributed by atoms with E-state index in [0.29, 0.717) is 6.54 Å². The monoisotopic (exact) mass is 233 g/mol. The molecule has 0 aliphatic heterocycles. The van der Waals surface area contributed by atoms with Gasteiger partial charge in [0.25, 0.3) is 0 Å². The number of nitrogens with one attached hydrogen (secondary N) is 1. The van der Waals surface area contributed by atoms with Crippen LogP contribution < -0.4 is 4.72 Å². The van der Waals surface area contributed by atoms with Crippen molar-refractivity contribution < 1.29 is 3.89 Å². The van der Waals surface area contributed by atoms with Crippen molar-refractivity contribution in [2.75, 3.05) is 0 Å². The maximum absolute atomic E-state index is 11.8. The molecule has 0 saturated carbocycles. The van der Waals surface area contributed by atoms with Crippen LogP contribution in [0.25, 0.3) is 11.1 Å². The van der Waals surface area contributed by atoms with Gasteiger partial charge < -0.3 is 0 Å². The van der Waals surface area contributed by atoms with E-state index >= 15 is 0 Å². The van der Waals surface area contributed by atoms with Gasteiger partial charge >= 0.3 is 0 Å². The maximum Gasteiger partial charge on any atom is 0.131 e. The first kappa shape index (κ1) is 11.2. The summed E-state index contributed by atoms with van der Waals surface area (Å²) >= 11 is 0.147. The van der Waals surface area contributed by atoms with E-state index in [1.54, 1.807) is 0 Å². The Morgan fingerprint density at radius 3 is 2.12 bits per heavy atom. The van der Waals surface area contributed by atoms with Crippen molar-refractivity contribution in [3.63, 3.8) is 0 Å². The van der Waals surface area contributed by atoms with Gasteiger partial charge in [0.05, 0.1) is 0 Å². The summed E-state index contributed by atoms with van der Waals surface area (Å²) in [5, 5.41) is 0. The van der Waals surface area contributed by atoms with Crippen molar-refractivity contribution in [3.05, 3.63) is 60.2 Å². The number of benzene rings is 2. The van der Waals surface area contributed by atoms with Crippen LogP contribution in [0, 0.1) is 0 Å². The van der Waals surface area contributed by atoms with Gasteiger partial charge in [-0.2, -0.15) is 0 Å². The van der Waals surface area contributed by atoms with Crippen LogP contribution in [0.1, 0.15) is 5.56 Å². The Labute approximate surface area is 99.1 Å². The van der Waals surface area contributed by atoms with E-state index < -0.39 is 0 Å². The summed E-state index contributed by atoms with van der Waals surface area (Å²) in [5.74, 6) is 0. The predicted octanol–water partition coefficient (Wildman–Crippen LogP) is 3.98. The molecule has 0 aliphatic rings. The van der Waals surface area contributed by atoms with Gasteiger partial charge in [0.15, 0.2) is 0 Å². The van der Waals surface area contributed by atoms with Crippen LogP contribution in [0.4, 0.5) is 3.89 Å². The highest BCUT2D eigenvalue weighted by Crippen LogP contribution is 2.19. The van der Waals surface area contributed by atoms with E-state index in [0.717, 1.165) is 5.56 Å². The summed E-state index contributed by atoms with van der Waals surface area (Å²) in [6.07, 6.45) is 0. The van der Waals surface area contributed by atoms with E-state index in [4.69, 9.17) is 0 Å². The van der Waals surface area contributed by atoms with Crippen LogP contribution in [-0.2, 0) is 6.54 Å². The normalized spacial score (nSPS) is 10.3. The summed E-state index contributed by atoms with van der Waals surface area (Å²) in [7, 11) is 0. The van der Waals surface area contributed by atoms with Gasteiger partial charge in [-0.15, -0.1) is 3.89 Å². The van der Waals surface area contributed by atoms with E-state index in [-0.39, 0.29) is 12.3 Å². The third kappa shape index (κ3) is 2.84. The Morgan fingerprint density at radius 1 is 0.875 bits per heavy atom. The largest absolute Gasteiger partial charge is 0.231 e. The summed E-state index contributed by atoms with van der Waals surface area (Å²) in [5.41, 5.74) is 3.45. The van der Waals surface area contributed by atoms with Crippen LogP contribution in [0.5, 0.6) is 0 Å². The molecule has 0 aliphatic carbocycles. The van der Waals surface area contributed by atoms with Crippen molar-refractivity contribution in [1.29, 1.82) is 0 Å². The van der Waals surface area contributed by atoms with Crippen molar-refractivity contribution in [2.45, 2.75) is 6.54 Å². The van der Waals surface area contributed by atoms with Crippen LogP contribution >= 0.6 is 12.3 Å². The first-order chi connectivity index (χ1) is 7.90. The molecule has 0 aromatic heterocycles. The number of rotatable bonds is 4. The molecule has 0 atom stereocenters. The molecule has 0 spiro atoms. The Morgan fingerprint density at radius 2 is 1.50 bits per heavy atom. The fourth-order valence-electron chi connectivity index (χ4n) is 1.56. The molecule has 2 aromatic rings. The molecule has 16 heavy (non-hydrogen) atoms. The molecule has 82 valence electrons. The first-order valence-electron chi connectivity index (χ1n) is 5.05. The summed E-state index contributed by atoms with van der Waals surface area (Å²) in [4.78, 5) is 0. The minimum Gasteiger partial charge on any atom is -0.231 e. The van der Waals surface area contributed by atoms with Gasteiger partial charge in [0.1, 0.15) is 12.3 Å². The molecule has 1 nitrogen and oxygen atoms in total. The topological polar surface area (TPSA) is 12.0 Å². The average molecular weight is 233 g/mol. The zero-order chi connectivity index (χ0) is 11.2. The maximum atomic E-state index is 11.8. The second kappa shape index (κ2) is 5.68. The van der Waals surface area contributed by atoms with E-state index in [9.17, 15) is 3.89 Å². The molecular weight excluding hydrogens is 221 g/mol. The van der Waals surface area contributed by atoms with Gasteiger partial charge in [-0.3, -0.25) is 0 Å². The number of halogens is 1. The minimum absolute atomic E-state index is 0.147. The lowest BCUT2D eigenvalue weighted by Gasteiger charge is -2.03. The van der Waals surface area contributed by atoms with Crippen molar-refractivity contribution in [2.24, 2.45) is 0 Å². The Hall–Kier alpha value is -1.32. The van der Waals surface area contributed by atoms with E-state index in [1.165, 1.54) is 11.1 Å². The van der Waals surface area contributed by atoms with Crippen LogP contribution in [0.3, 0.4) is 0 Å². The van der Waals surface area contributed by atoms with Gasteiger partial charge in [-0.1, -0.05) is 54.6 Å². The van der Waals surface area contributed by atoms with Gasteiger partial charge in [0, 0.05) is 6.54 Å². The average Bonchev–Trinajstić information content (AvgIpc) is 2.38. The third-order valence-corrected chi connectivity index (χ3v) is 2.65. The molecule has 2 aromatic carbocycles. The fraction of sp³-hybridized carbons (Fsp3) is 0.0769. The third-order valence-electron chi connectivity index (χ3n) is 2.39. The first-order valence-corrected chi connectivity index (χ1v) is 5.76. The van der Waals surface area contributed by atoms with Crippen molar-refractivity contribution in [3.8, 4) is 11.1 Å². The molecule has 3 heteroatoms. The molecule has 0 heterocycles. The Balaban J connectivity index is 2.13. The van der Waals surface area contributed by atoms with Crippen molar-refractivity contribution in [1.82, 2.24) is 4.72 Å². The number of hydrogen-bond donors (Lipinski definition) is 1. The predicted molar refractivity (Wildman–Crippen MR) is 67.4 cm³/mol. The highest BCUT2D eigenvalue weighted by Gasteiger charge is 1.97. The van der Waals surface area contributed by atoms with Crippen molar-refractivity contribution >= 4 is 12.3 Å². The lowest BCUT2D eigenvalue weighted by atomic mass is 10.0. The van der Waals surface area contributed by atoms with E-state index in [2.05, 4.69) is 29.0 Å². The second-order valence-corrected chi connectivity index (χ2v) is 3.90. The van der Waals surface area contributed by atoms with Crippen LogP contribution in [0.15, 0.2) is 54.6 Å². The summed E-state index contributed by atoms with van der Waals surface area (Å²) in [6.45, 7) is 0.538. The highest BCUT2D eigenvalue weighted by atomic mass is 32.2. The van der Waals surface area contributed by atoms with Gasteiger partial charge in [0.2, 0.25) is 0 Å². The molecule has 0 radical (unpaired) electrons. The SMILES string of the molecule is FSNCc1ccc(-c2ccccc2)cc1. The summed E-state index contributed by atoms with van der Waals surface area (Å²) in [6, 6.07) is 18.3. The molecule has 1 N–H and O–H groups in total. The van der Waals surface area contributed by atoms with Crippen LogP contribution in [-0.4, -0.2) is 0 Å². The molecule has 2 rings (SSSR count). The van der Waals surface area contributed by atoms with Gasteiger partial charge in [-0.05, 0) is 16.7 Å². The molecule has 0 saturated heterocycles. The smallest absolute Gasteiger partial charge is 0.131 e. The zero-order valence-electron chi connectivity index (χ0n) is 8.69.